The highest BCUT2D eigenvalue weighted by Crippen LogP contribution is 2.41. The van der Waals surface area contributed by atoms with E-state index in [1.54, 1.807) is 87.5 Å². The Bertz CT molecular complexity index is 3400. The molecular formula is C64H66BrClN2O22. The van der Waals surface area contributed by atoms with E-state index in [4.69, 9.17) is 50.0 Å². The van der Waals surface area contributed by atoms with Gasteiger partial charge in [-0.1, -0.05) is 76.1 Å². The van der Waals surface area contributed by atoms with Crippen LogP contribution in [0.15, 0.2) is 149 Å². The molecule has 8 rings (SSSR count). The number of ether oxygens (including phenoxy) is 8. The molecule has 0 bridgehead atoms. The van der Waals surface area contributed by atoms with E-state index in [-0.39, 0.29) is 97.6 Å². The number of ketones is 4. The predicted octanol–water partition coefficient (Wildman–Crippen LogP) is 8.47. The number of Topliss-reactive ketones (excluding diaryl/α,β-unsaturated/α-hetero) is 4. The number of hydrogen-bond donors (Lipinski definition) is 4. The van der Waals surface area contributed by atoms with Crippen molar-refractivity contribution in [3.63, 3.8) is 0 Å². The van der Waals surface area contributed by atoms with Gasteiger partial charge in [-0.05, 0) is 104 Å². The third kappa shape index (κ3) is 18.8. The van der Waals surface area contributed by atoms with Crippen LogP contribution in [0.1, 0.15) is 126 Å². The first-order valence-corrected chi connectivity index (χ1v) is 29.0. The fraction of sp³-hybridized carbons (Fsp3) is 0.359. The van der Waals surface area contributed by atoms with Crippen LogP contribution in [-0.4, -0.2) is 122 Å². The summed E-state index contributed by atoms with van der Waals surface area (Å²) in [5.74, 6) is -16.1. The molecule has 0 radical (unpaired) electrons. The fourth-order valence-electron chi connectivity index (χ4n) is 9.26. The standard InChI is InChI=1S/C17H17NO5.C16H17BrO5.C16H17ClO5.C15H15NO7/c1-3-22-16(20)17(21)9-14(8-15(23-17)11(2)19)13-6-4-12(10-18)5-7-13;2*1-3-21-15(19)16(20)9-12(8-14(22-16)10(2)18)11-4-6-13(17)7-5-11;1-9(17)13-7-11(8-15(19,23-13)14(18)22-2)10-3-5-12(6-4-10)16(20)21/h4-8,14,21H,3,9H2,1-2H3;2*4-8,12,20H,3,9H2,1-2H3;3-7,11,19H,8H2,1-2H3. The van der Waals surface area contributed by atoms with Crippen LogP contribution in [0.25, 0.3) is 0 Å². The molecule has 0 spiro atoms. The highest BCUT2D eigenvalue weighted by molar-refractivity contribution is 9.10. The van der Waals surface area contributed by atoms with Crippen molar-refractivity contribution in [2.45, 2.75) is 121 Å². The number of carbonyl (C=O) groups excluding carboxylic acids is 8. The molecule has 0 amide bonds. The average Bonchev–Trinajstić information content (AvgIpc) is 0.977. The number of allylic oxidation sites excluding steroid dienone is 8. The van der Waals surface area contributed by atoms with Crippen LogP contribution in [0, 0.1) is 21.4 Å². The van der Waals surface area contributed by atoms with Gasteiger partial charge in [-0.2, -0.15) is 5.26 Å². The van der Waals surface area contributed by atoms with Crippen molar-refractivity contribution in [1.82, 2.24) is 0 Å². The minimum Gasteiger partial charge on any atom is -0.464 e. The molecule has 8 atom stereocenters. The molecule has 0 aromatic heterocycles. The first-order chi connectivity index (χ1) is 42.4. The molecular weight excluding hydrogens is 1260 g/mol. The first kappa shape index (κ1) is 71.8. The molecule has 0 saturated carbocycles. The quantitative estimate of drug-likeness (QED) is 0.0353. The molecule has 24 nitrogen and oxygen atoms in total. The van der Waals surface area contributed by atoms with E-state index in [1.807, 2.05) is 30.3 Å². The normalized spacial score (nSPS) is 23.7. The Morgan fingerprint density at radius 3 is 1.04 bits per heavy atom. The molecule has 0 saturated heterocycles. The second-order valence-corrected chi connectivity index (χ2v) is 21.8. The van der Waals surface area contributed by atoms with Gasteiger partial charge in [0, 0.05) is 98.7 Å². The van der Waals surface area contributed by atoms with Crippen molar-refractivity contribution in [3.05, 3.63) is 192 Å². The Morgan fingerprint density at radius 1 is 0.522 bits per heavy atom. The van der Waals surface area contributed by atoms with Crippen molar-refractivity contribution in [1.29, 1.82) is 5.26 Å². The molecule has 8 unspecified atom stereocenters. The molecule has 478 valence electrons. The minimum atomic E-state index is -2.28. The van der Waals surface area contributed by atoms with Gasteiger partial charge in [0.2, 0.25) is 0 Å². The van der Waals surface area contributed by atoms with E-state index in [2.05, 4.69) is 20.7 Å². The topological polar surface area (TPSA) is 358 Å². The summed E-state index contributed by atoms with van der Waals surface area (Å²) in [5.41, 5.74) is 3.45. The number of aliphatic hydroxyl groups is 4. The number of rotatable bonds is 16. The summed E-state index contributed by atoms with van der Waals surface area (Å²) in [5, 5.41) is 61.9. The zero-order valence-electron chi connectivity index (χ0n) is 50.1. The maximum Gasteiger partial charge on any atom is 0.379 e. The number of benzene rings is 4. The Balaban J connectivity index is 0.000000218. The van der Waals surface area contributed by atoms with E-state index >= 15 is 0 Å². The summed E-state index contributed by atoms with van der Waals surface area (Å²) in [6.07, 6.45) is 5.97. The van der Waals surface area contributed by atoms with Crippen molar-refractivity contribution < 1.29 is 102 Å². The van der Waals surface area contributed by atoms with Gasteiger partial charge in [-0.25, -0.2) is 19.2 Å². The minimum absolute atomic E-state index is 0.00968. The maximum absolute atomic E-state index is 12.0. The van der Waals surface area contributed by atoms with Crippen molar-refractivity contribution in [2.75, 3.05) is 26.9 Å². The van der Waals surface area contributed by atoms with Gasteiger partial charge in [-0.3, -0.25) is 29.3 Å². The molecule has 4 aromatic carbocycles. The lowest BCUT2D eigenvalue weighted by Gasteiger charge is -2.34. The highest BCUT2D eigenvalue weighted by atomic mass is 79.9. The number of nitriles is 1. The molecule has 4 aromatic rings. The summed E-state index contributed by atoms with van der Waals surface area (Å²) in [7, 11) is 1.09. The molecule has 4 aliphatic heterocycles. The van der Waals surface area contributed by atoms with Crippen molar-refractivity contribution >= 4 is 80.2 Å². The van der Waals surface area contributed by atoms with E-state index in [0.717, 1.165) is 28.3 Å². The van der Waals surface area contributed by atoms with Crippen molar-refractivity contribution in [3.8, 4) is 6.07 Å². The summed E-state index contributed by atoms with van der Waals surface area (Å²) < 4.78 is 40.6. The summed E-state index contributed by atoms with van der Waals surface area (Å²) in [6.45, 7) is 10.3. The smallest absolute Gasteiger partial charge is 0.379 e. The van der Waals surface area contributed by atoms with Gasteiger partial charge in [0.15, 0.2) is 46.2 Å². The van der Waals surface area contributed by atoms with Crippen LogP contribution in [0.4, 0.5) is 5.69 Å². The van der Waals surface area contributed by atoms with Gasteiger partial charge in [0.1, 0.15) is 0 Å². The molecule has 0 aliphatic carbocycles. The van der Waals surface area contributed by atoms with Gasteiger partial charge >= 0.3 is 47.0 Å². The molecule has 4 N–H and O–H groups in total. The van der Waals surface area contributed by atoms with Crippen LogP contribution >= 0.6 is 27.5 Å². The third-order valence-electron chi connectivity index (χ3n) is 13.8. The molecule has 4 aliphatic rings. The first-order valence-electron chi connectivity index (χ1n) is 27.8. The number of nitrogens with zero attached hydrogens (tertiary/aromatic N) is 2. The van der Waals surface area contributed by atoms with Crippen LogP contribution in [0.3, 0.4) is 0 Å². The van der Waals surface area contributed by atoms with Crippen LogP contribution in [-0.2, 0) is 76.3 Å². The Morgan fingerprint density at radius 2 is 0.789 bits per heavy atom. The summed E-state index contributed by atoms with van der Waals surface area (Å²) in [4.78, 5) is 104. The van der Waals surface area contributed by atoms with Crippen molar-refractivity contribution in [2.24, 2.45) is 0 Å². The zero-order chi connectivity index (χ0) is 66.9. The Hall–Kier alpha value is -8.90. The number of carbonyl (C=O) groups is 8. The second-order valence-electron chi connectivity index (χ2n) is 20.5. The average molecular weight is 1330 g/mol. The van der Waals surface area contributed by atoms with Crippen LogP contribution in [0.2, 0.25) is 5.02 Å². The molecule has 26 heteroatoms. The lowest BCUT2D eigenvalue weighted by molar-refractivity contribution is -0.384. The van der Waals surface area contributed by atoms with Gasteiger partial charge in [-0.15, -0.1) is 0 Å². The maximum atomic E-state index is 12.0. The van der Waals surface area contributed by atoms with E-state index in [9.17, 15) is 68.9 Å². The molecule has 90 heavy (non-hydrogen) atoms. The Labute approximate surface area is 530 Å². The van der Waals surface area contributed by atoms with E-state index < -0.39 is 75.4 Å². The number of esters is 4. The third-order valence-corrected chi connectivity index (χ3v) is 14.6. The van der Waals surface area contributed by atoms with E-state index in [0.29, 0.717) is 16.1 Å². The lowest BCUT2D eigenvalue weighted by atomic mass is 9.88. The van der Waals surface area contributed by atoms with Gasteiger partial charge in [0.05, 0.1) is 43.5 Å². The molecule has 0 fully saturated rings. The number of methoxy groups -OCH3 is 1. The van der Waals surface area contributed by atoms with Gasteiger partial charge < -0.3 is 58.3 Å². The van der Waals surface area contributed by atoms with Crippen LogP contribution in [0.5, 0.6) is 0 Å². The predicted molar refractivity (Wildman–Crippen MR) is 320 cm³/mol. The zero-order valence-corrected chi connectivity index (χ0v) is 52.4. The lowest BCUT2D eigenvalue weighted by Crippen LogP contribution is -2.46. The fourth-order valence-corrected chi connectivity index (χ4v) is 9.65. The van der Waals surface area contributed by atoms with Gasteiger partial charge in [0.25, 0.3) is 5.69 Å². The van der Waals surface area contributed by atoms with E-state index in [1.165, 1.54) is 58.0 Å². The number of hydrogen-bond acceptors (Lipinski definition) is 23. The summed E-state index contributed by atoms with van der Waals surface area (Å²) in [6, 6.07) is 28.7. The second kappa shape index (κ2) is 31.5. The molecule has 4 heterocycles. The largest absolute Gasteiger partial charge is 0.464 e. The summed E-state index contributed by atoms with van der Waals surface area (Å²) >= 11 is 9.21. The Kier molecular flexibility index (Phi) is 25.2. The number of halogens is 2. The highest BCUT2D eigenvalue weighted by Gasteiger charge is 2.50. The number of nitro benzene ring substituents is 1. The number of nitro groups is 1. The van der Waals surface area contributed by atoms with Crippen LogP contribution < -0.4 is 0 Å². The SMILES string of the molecule is CCOC(=O)C1(O)CC(c2ccc(Br)cc2)C=C(C(C)=O)O1.CCOC(=O)C1(O)CC(c2ccc(C#N)cc2)C=C(C(C)=O)O1.CCOC(=O)C1(O)CC(c2ccc(Cl)cc2)C=C(C(C)=O)O1.COC(=O)C1(O)CC(c2ccc([N+](=O)[O-])cc2)C=C(C(C)=O)O1. The monoisotopic (exact) mass is 1330 g/mol. The number of non-ortho nitro benzene ring substituents is 1.